The Morgan fingerprint density at radius 3 is 2.74 bits per heavy atom. The number of aromatic nitrogens is 2. The number of anilines is 2. The summed E-state index contributed by atoms with van der Waals surface area (Å²) in [5.41, 5.74) is 0. The molecular weight excluding hydrogens is 308 g/mol. The van der Waals surface area contributed by atoms with E-state index in [0.717, 1.165) is 48.5 Å². The number of nitrogens with one attached hydrogen (secondary N) is 2. The molecule has 0 radical (unpaired) electrons. The highest BCUT2D eigenvalue weighted by Gasteiger charge is 2.20. The first-order chi connectivity index (χ1) is 9.20. The summed E-state index contributed by atoms with van der Waals surface area (Å²) in [5, 5.41) is 16.2. The van der Waals surface area contributed by atoms with E-state index in [1.54, 1.807) is 6.33 Å². The Bertz CT molecular complexity index is 416. The van der Waals surface area contributed by atoms with Crippen molar-refractivity contribution in [3.63, 3.8) is 0 Å². The summed E-state index contributed by atoms with van der Waals surface area (Å²) in [5.74, 6) is 2.14. The van der Waals surface area contributed by atoms with Gasteiger partial charge in [-0.15, -0.1) is 0 Å². The number of hydrogen-bond donors (Lipinski definition) is 3. The SMILES string of the molecule is CCNc1ncnc(NCC2CCCC(O)C2)c1Br. The van der Waals surface area contributed by atoms with E-state index in [4.69, 9.17) is 0 Å². The third-order valence-corrected chi connectivity index (χ3v) is 4.20. The Morgan fingerprint density at radius 1 is 1.32 bits per heavy atom. The van der Waals surface area contributed by atoms with Crippen LogP contribution in [0.1, 0.15) is 32.6 Å². The van der Waals surface area contributed by atoms with E-state index in [2.05, 4.69) is 36.5 Å². The molecule has 1 aromatic heterocycles. The summed E-state index contributed by atoms with van der Waals surface area (Å²) in [6.07, 6.45) is 5.54. The summed E-state index contributed by atoms with van der Waals surface area (Å²) in [7, 11) is 0. The highest BCUT2D eigenvalue weighted by atomic mass is 79.9. The summed E-state index contributed by atoms with van der Waals surface area (Å²) in [6, 6.07) is 0. The van der Waals surface area contributed by atoms with Gasteiger partial charge in [0.25, 0.3) is 0 Å². The Morgan fingerprint density at radius 2 is 2.05 bits per heavy atom. The number of nitrogens with zero attached hydrogens (tertiary/aromatic N) is 2. The zero-order chi connectivity index (χ0) is 13.7. The molecule has 19 heavy (non-hydrogen) atoms. The third kappa shape index (κ3) is 4.04. The maximum absolute atomic E-state index is 9.67. The Kier molecular flexibility index (Phi) is 5.39. The van der Waals surface area contributed by atoms with Crippen LogP contribution in [0, 0.1) is 5.92 Å². The number of hydrogen-bond acceptors (Lipinski definition) is 5. The van der Waals surface area contributed by atoms with Gasteiger partial charge in [0, 0.05) is 13.1 Å². The van der Waals surface area contributed by atoms with Crippen molar-refractivity contribution >= 4 is 27.6 Å². The van der Waals surface area contributed by atoms with Crippen LogP contribution in [0.2, 0.25) is 0 Å². The van der Waals surface area contributed by atoms with E-state index >= 15 is 0 Å². The summed E-state index contributed by atoms with van der Waals surface area (Å²) < 4.78 is 0.869. The highest BCUT2D eigenvalue weighted by Crippen LogP contribution is 2.28. The lowest BCUT2D eigenvalue weighted by atomic mass is 9.87. The molecule has 1 aliphatic rings. The zero-order valence-electron chi connectivity index (χ0n) is 11.2. The van der Waals surface area contributed by atoms with Gasteiger partial charge in [0.05, 0.1) is 6.10 Å². The molecule has 106 valence electrons. The van der Waals surface area contributed by atoms with Gasteiger partial charge in [0.2, 0.25) is 0 Å². The maximum Gasteiger partial charge on any atom is 0.145 e. The lowest BCUT2D eigenvalue weighted by Gasteiger charge is -2.26. The van der Waals surface area contributed by atoms with Gasteiger partial charge in [-0.3, -0.25) is 0 Å². The molecule has 0 amide bonds. The highest BCUT2D eigenvalue weighted by molar-refractivity contribution is 9.10. The first-order valence-corrected chi connectivity index (χ1v) is 7.66. The van der Waals surface area contributed by atoms with Crippen LogP contribution in [-0.4, -0.2) is 34.3 Å². The second-order valence-electron chi connectivity index (χ2n) is 4.98. The standard InChI is InChI=1S/C13H21BrN4O/c1-2-15-12-11(14)13(18-8-17-12)16-7-9-4-3-5-10(19)6-9/h8-10,19H,2-7H2,1H3,(H2,15,16,17,18). The number of aliphatic hydroxyl groups is 1. The number of halogens is 1. The van der Waals surface area contributed by atoms with Gasteiger partial charge in [-0.1, -0.05) is 6.42 Å². The van der Waals surface area contributed by atoms with Crippen LogP contribution in [-0.2, 0) is 0 Å². The minimum absolute atomic E-state index is 0.133. The molecule has 2 unspecified atom stereocenters. The summed E-state index contributed by atoms with van der Waals surface area (Å²) in [6.45, 7) is 3.70. The second-order valence-corrected chi connectivity index (χ2v) is 5.78. The largest absolute Gasteiger partial charge is 0.393 e. The van der Waals surface area contributed by atoms with Crippen LogP contribution in [0.3, 0.4) is 0 Å². The van der Waals surface area contributed by atoms with E-state index in [1.165, 1.54) is 6.42 Å². The molecule has 0 bridgehead atoms. The van der Waals surface area contributed by atoms with Crippen LogP contribution in [0.5, 0.6) is 0 Å². The van der Waals surface area contributed by atoms with E-state index in [1.807, 2.05) is 6.92 Å². The van der Waals surface area contributed by atoms with Gasteiger partial charge in [-0.05, 0) is 48.0 Å². The molecule has 2 rings (SSSR count). The van der Waals surface area contributed by atoms with Crippen molar-refractivity contribution in [2.75, 3.05) is 23.7 Å². The summed E-state index contributed by atoms with van der Waals surface area (Å²) in [4.78, 5) is 8.44. The van der Waals surface area contributed by atoms with Crippen molar-refractivity contribution < 1.29 is 5.11 Å². The van der Waals surface area contributed by atoms with Gasteiger partial charge < -0.3 is 15.7 Å². The van der Waals surface area contributed by atoms with E-state index < -0.39 is 0 Å². The lowest BCUT2D eigenvalue weighted by Crippen LogP contribution is -2.25. The monoisotopic (exact) mass is 328 g/mol. The van der Waals surface area contributed by atoms with Crippen LogP contribution in [0.15, 0.2) is 10.8 Å². The molecule has 1 fully saturated rings. The molecule has 1 aliphatic carbocycles. The van der Waals surface area contributed by atoms with Crippen LogP contribution in [0.25, 0.3) is 0 Å². The Balaban J connectivity index is 1.93. The number of rotatable bonds is 5. The predicted octanol–water partition coefficient (Wildman–Crippen LogP) is 2.63. The minimum atomic E-state index is -0.133. The lowest BCUT2D eigenvalue weighted by molar-refractivity contribution is 0.104. The smallest absolute Gasteiger partial charge is 0.145 e. The molecule has 1 saturated carbocycles. The normalized spacial score (nSPS) is 23.1. The van der Waals surface area contributed by atoms with E-state index in [0.29, 0.717) is 5.92 Å². The predicted molar refractivity (Wildman–Crippen MR) is 80.4 cm³/mol. The fourth-order valence-corrected chi connectivity index (χ4v) is 2.96. The average molecular weight is 329 g/mol. The fraction of sp³-hybridized carbons (Fsp3) is 0.692. The van der Waals surface area contributed by atoms with Crippen molar-refractivity contribution in [2.24, 2.45) is 5.92 Å². The molecule has 0 spiro atoms. The molecule has 6 heteroatoms. The quantitative estimate of drug-likeness (QED) is 0.775. The molecule has 5 nitrogen and oxygen atoms in total. The molecule has 1 heterocycles. The Labute approximate surface area is 122 Å². The van der Waals surface area contributed by atoms with Gasteiger partial charge in [0.1, 0.15) is 22.4 Å². The molecule has 0 saturated heterocycles. The molecule has 2 atom stereocenters. The second kappa shape index (κ2) is 7.05. The maximum atomic E-state index is 9.67. The van der Waals surface area contributed by atoms with Crippen LogP contribution >= 0.6 is 15.9 Å². The average Bonchev–Trinajstić information content (AvgIpc) is 2.40. The van der Waals surface area contributed by atoms with Crippen molar-refractivity contribution in [1.29, 1.82) is 0 Å². The molecule has 3 N–H and O–H groups in total. The minimum Gasteiger partial charge on any atom is -0.393 e. The molecule has 0 aliphatic heterocycles. The zero-order valence-corrected chi connectivity index (χ0v) is 12.8. The van der Waals surface area contributed by atoms with Crippen LogP contribution in [0.4, 0.5) is 11.6 Å². The van der Waals surface area contributed by atoms with Crippen molar-refractivity contribution in [3.8, 4) is 0 Å². The van der Waals surface area contributed by atoms with E-state index in [-0.39, 0.29) is 6.10 Å². The van der Waals surface area contributed by atoms with Gasteiger partial charge in [-0.25, -0.2) is 9.97 Å². The molecular formula is C13H21BrN4O. The number of aliphatic hydroxyl groups excluding tert-OH is 1. The topological polar surface area (TPSA) is 70.1 Å². The van der Waals surface area contributed by atoms with E-state index in [9.17, 15) is 5.11 Å². The van der Waals surface area contributed by atoms with Gasteiger partial charge in [-0.2, -0.15) is 0 Å². The van der Waals surface area contributed by atoms with Gasteiger partial charge >= 0.3 is 0 Å². The molecule has 0 aromatic carbocycles. The first-order valence-electron chi connectivity index (χ1n) is 6.87. The summed E-state index contributed by atoms with van der Waals surface area (Å²) >= 11 is 3.52. The van der Waals surface area contributed by atoms with Crippen molar-refractivity contribution in [1.82, 2.24) is 9.97 Å². The first kappa shape index (κ1) is 14.5. The third-order valence-electron chi connectivity index (χ3n) is 3.45. The Hall–Kier alpha value is -0.880. The fourth-order valence-electron chi connectivity index (χ4n) is 2.47. The van der Waals surface area contributed by atoms with Crippen molar-refractivity contribution in [3.05, 3.63) is 10.8 Å². The van der Waals surface area contributed by atoms with Crippen LogP contribution < -0.4 is 10.6 Å². The van der Waals surface area contributed by atoms with Gasteiger partial charge in [0.15, 0.2) is 0 Å². The van der Waals surface area contributed by atoms with Crippen molar-refractivity contribution in [2.45, 2.75) is 38.7 Å². The molecule has 1 aromatic rings.